The summed E-state index contributed by atoms with van der Waals surface area (Å²) in [5, 5.41) is 2.44. The third-order valence-electron chi connectivity index (χ3n) is 2.00. The van der Waals surface area contributed by atoms with Crippen LogP contribution in [0.1, 0.15) is 15.9 Å². The molecule has 0 unspecified atom stereocenters. The predicted molar refractivity (Wildman–Crippen MR) is 56.1 cm³/mol. The van der Waals surface area contributed by atoms with E-state index in [9.17, 15) is 9.59 Å². The molecule has 1 amide bonds. The molecule has 15 heavy (non-hydrogen) atoms. The molecule has 0 heterocycles. The second-order valence-corrected chi connectivity index (χ2v) is 3.07. The predicted octanol–water partition coefficient (Wildman–Crippen LogP) is 0.932. The van der Waals surface area contributed by atoms with Gasteiger partial charge in [0.25, 0.3) is 5.91 Å². The van der Waals surface area contributed by atoms with Crippen molar-refractivity contribution in [3.8, 4) is 5.75 Å². The van der Waals surface area contributed by atoms with E-state index in [4.69, 9.17) is 4.74 Å². The number of carbonyl (C=O) groups excluding carboxylic acids is 2. The summed E-state index contributed by atoms with van der Waals surface area (Å²) in [4.78, 5) is 21.7. The average molecular weight is 207 g/mol. The SMILES string of the molecule is CNC(=O)COc1c(C)cccc1C=O. The number of amides is 1. The number of carbonyl (C=O) groups is 2. The van der Waals surface area contributed by atoms with Gasteiger partial charge in [0.15, 0.2) is 12.9 Å². The first-order valence-electron chi connectivity index (χ1n) is 4.57. The summed E-state index contributed by atoms with van der Waals surface area (Å²) in [5.74, 6) is 0.242. The third-order valence-corrected chi connectivity index (χ3v) is 2.00. The largest absolute Gasteiger partial charge is 0.483 e. The van der Waals surface area contributed by atoms with Gasteiger partial charge in [0.05, 0.1) is 5.56 Å². The van der Waals surface area contributed by atoms with Crippen molar-refractivity contribution < 1.29 is 14.3 Å². The molecule has 0 spiro atoms. The van der Waals surface area contributed by atoms with Crippen LogP contribution >= 0.6 is 0 Å². The van der Waals surface area contributed by atoms with Crippen LogP contribution in [0.25, 0.3) is 0 Å². The molecule has 1 aromatic rings. The Morgan fingerprint density at radius 2 is 2.27 bits per heavy atom. The lowest BCUT2D eigenvalue weighted by atomic mass is 10.1. The van der Waals surface area contributed by atoms with Crippen LogP contribution in [0.4, 0.5) is 0 Å². The normalized spacial score (nSPS) is 9.47. The smallest absolute Gasteiger partial charge is 0.257 e. The van der Waals surface area contributed by atoms with Gasteiger partial charge in [-0.3, -0.25) is 9.59 Å². The van der Waals surface area contributed by atoms with Crippen molar-refractivity contribution in [1.82, 2.24) is 5.32 Å². The molecular formula is C11H13NO3. The van der Waals surface area contributed by atoms with Gasteiger partial charge in [0.1, 0.15) is 5.75 Å². The number of para-hydroxylation sites is 1. The van der Waals surface area contributed by atoms with E-state index < -0.39 is 0 Å². The maximum absolute atomic E-state index is 11.0. The minimum Gasteiger partial charge on any atom is -0.483 e. The number of ether oxygens (including phenoxy) is 1. The van der Waals surface area contributed by atoms with Crippen LogP contribution in [0.15, 0.2) is 18.2 Å². The van der Waals surface area contributed by atoms with E-state index in [1.165, 1.54) is 7.05 Å². The van der Waals surface area contributed by atoms with Gasteiger partial charge in [-0.15, -0.1) is 0 Å². The van der Waals surface area contributed by atoms with Crippen molar-refractivity contribution in [3.05, 3.63) is 29.3 Å². The highest BCUT2D eigenvalue weighted by Gasteiger charge is 2.07. The Hall–Kier alpha value is -1.84. The monoisotopic (exact) mass is 207 g/mol. The Morgan fingerprint density at radius 1 is 1.53 bits per heavy atom. The van der Waals surface area contributed by atoms with Crippen molar-refractivity contribution >= 4 is 12.2 Å². The standard InChI is InChI=1S/C11H13NO3/c1-8-4-3-5-9(6-13)11(8)15-7-10(14)12-2/h3-6H,7H2,1-2H3,(H,12,14). The van der Waals surface area contributed by atoms with E-state index in [1.54, 1.807) is 12.1 Å². The number of aldehydes is 1. The van der Waals surface area contributed by atoms with Crippen LogP contribution in [0.5, 0.6) is 5.75 Å². The fourth-order valence-corrected chi connectivity index (χ4v) is 1.18. The maximum atomic E-state index is 11.0. The Kier molecular flexibility index (Phi) is 3.85. The molecule has 0 fully saturated rings. The fourth-order valence-electron chi connectivity index (χ4n) is 1.18. The van der Waals surface area contributed by atoms with Crippen LogP contribution in [0.2, 0.25) is 0 Å². The van der Waals surface area contributed by atoms with Crippen molar-refractivity contribution in [3.63, 3.8) is 0 Å². The first-order valence-corrected chi connectivity index (χ1v) is 4.57. The summed E-state index contributed by atoms with van der Waals surface area (Å²) in [5.41, 5.74) is 1.29. The van der Waals surface area contributed by atoms with E-state index in [0.29, 0.717) is 17.6 Å². The molecular weight excluding hydrogens is 194 g/mol. The van der Waals surface area contributed by atoms with Gasteiger partial charge in [-0.05, 0) is 18.6 Å². The van der Waals surface area contributed by atoms with Crippen molar-refractivity contribution in [2.45, 2.75) is 6.92 Å². The summed E-state index contributed by atoms with van der Waals surface area (Å²) in [6, 6.07) is 5.25. The van der Waals surface area contributed by atoms with Gasteiger partial charge in [0.2, 0.25) is 0 Å². The van der Waals surface area contributed by atoms with Crippen LogP contribution in [0, 0.1) is 6.92 Å². The van der Waals surface area contributed by atoms with Crippen molar-refractivity contribution in [2.24, 2.45) is 0 Å². The average Bonchev–Trinajstić information content (AvgIpc) is 2.26. The first kappa shape index (κ1) is 11.2. The van der Waals surface area contributed by atoms with Crippen LogP contribution < -0.4 is 10.1 Å². The van der Waals surface area contributed by atoms with E-state index in [1.807, 2.05) is 13.0 Å². The molecule has 4 nitrogen and oxygen atoms in total. The molecule has 0 saturated heterocycles. The number of benzene rings is 1. The summed E-state index contributed by atoms with van der Waals surface area (Å²) in [6.45, 7) is 1.74. The molecule has 1 N–H and O–H groups in total. The molecule has 0 atom stereocenters. The molecule has 0 radical (unpaired) electrons. The molecule has 0 bridgehead atoms. The van der Waals surface area contributed by atoms with E-state index in [-0.39, 0.29) is 12.5 Å². The highest BCUT2D eigenvalue weighted by Crippen LogP contribution is 2.21. The molecule has 0 aromatic heterocycles. The van der Waals surface area contributed by atoms with Gasteiger partial charge >= 0.3 is 0 Å². The summed E-state index contributed by atoms with van der Waals surface area (Å²) in [7, 11) is 1.53. The van der Waals surface area contributed by atoms with Gasteiger partial charge < -0.3 is 10.1 Å². The zero-order valence-electron chi connectivity index (χ0n) is 8.74. The number of hydrogen-bond donors (Lipinski definition) is 1. The van der Waals surface area contributed by atoms with Gasteiger partial charge in [-0.2, -0.15) is 0 Å². The zero-order chi connectivity index (χ0) is 11.3. The Bertz CT molecular complexity index is 374. The minimum atomic E-state index is -0.227. The molecule has 80 valence electrons. The van der Waals surface area contributed by atoms with Crippen LogP contribution in [-0.2, 0) is 4.79 Å². The molecule has 0 aliphatic heterocycles. The Morgan fingerprint density at radius 3 is 2.87 bits per heavy atom. The topological polar surface area (TPSA) is 55.4 Å². The number of hydrogen-bond acceptors (Lipinski definition) is 3. The van der Waals surface area contributed by atoms with E-state index in [2.05, 4.69) is 5.32 Å². The van der Waals surface area contributed by atoms with E-state index >= 15 is 0 Å². The lowest BCUT2D eigenvalue weighted by molar-refractivity contribution is -0.122. The highest BCUT2D eigenvalue weighted by molar-refractivity contribution is 5.81. The molecule has 1 rings (SSSR count). The molecule has 0 aliphatic rings. The van der Waals surface area contributed by atoms with E-state index in [0.717, 1.165) is 5.56 Å². The van der Waals surface area contributed by atoms with Gasteiger partial charge in [0, 0.05) is 7.05 Å². The van der Waals surface area contributed by atoms with Crippen molar-refractivity contribution in [1.29, 1.82) is 0 Å². The molecule has 0 aliphatic carbocycles. The van der Waals surface area contributed by atoms with Crippen molar-refractivity contribution in [2.75, 3.05) is 13.7 Å². The van der Waals surface area contributed by atoms with Crippen LogP contribution in [0.3, 0.4) is 0 Å². The van der Waals surface area contributed by atoms with Gasteiger partial charge in [-0.1, -0.05) is 12.1 Å². The fraction of sp³-hybridized carbons (Fsp3) is 0.273. The quantitative estimate of drug-likeness (QED) is 0.747. The summed E-state index contributed by atoms with van der Waals surface area (Å²) < 4.78 is 5.27. The Balaban J connectivity index is 2.83. The third kappa shape index (κ3) is 2.80. The molecule has 4 heteroatoms. The lowest BCUT2D eigenvalue weighted by Crippen LogP contribution is -2.25. The summed E-state index contributed by atoms with van der Waals surface area (Å²) >= 11 is 0. The van der Waals surface area contributed by atoms with Gasteiger partial charge in [-0.25, -0.2) is 0 Å². The minimum absolute atomic E-state index is 0.0812. The number of rotatable bonds is 4. The highest BCUT2D eigenvalue weighted by atomic mass is 16.5. The Labute approximate surface area is 88.2 Å². The summed E-state index contributed by atoms with van der Waals surface area (Å²) in [6.07, 6.45) is 0.714. The number of nitrogens with one attached hydrogen (secondary N) is 1. The first-order chi connectivity index (χ1) is 7.19. The maximum Gasteiger partial charge on any atom is 0.257 e. The van der Waals surface area contributed by atoms with Crippen LogP contribution in [-0.4, -0.2) is 25.8 Å². The number of likely N-dealkylation sites (N-methyl/N-ethyl adjacent to an activating group) is 1. The lowest BCUT2D eigenvalue weighted by Gasteiger charge is -2.09. The molecule has 0 saturated carbocycles. The molecule has 1 aromatic carbocycles. The zero-order valence-corrected chi connectivity index (χ0v) is 8.74. The second kappa shape index (κ2) is 5.14. The second-order valence-electron chi connectivity index (χ2n) is 3.07. The number of aryl methyl sites for hydroxylation is 1.